The van der Waals surface area contributed by atoms with Gasteiger partial charge in [0.1, 0.15) is 0 Å². The molecule has 1 N–H and O–H groups in total. The van der Waals surface area contributed by atoms with Gasteiger partial charge >= 0.3 is 6.18 Å². The van der Waals surface area contributed by atoms with Gasteiger partial charge in [-0.15, -0.1) is 0 Å². The van der Waals surface area contributed by atoms with E-state index < -0.39 is 43.1 Å². The molecule has 12 heteroatoms. The third-order valence-corrected chi connectivity index (χ3v) is 8.27. The Morgan fingerprint density at radius 1 is 1.10 bits per heavy atom. The summed E-state index contributed by atoms with van der Waals surface area (Å²) in [6.07, 6.45) is -4.64. The van der Waals surface area contributed by atoms with Crippen LogP contribution in [0.5, 0.6) is 0 Å². The fraction of sp³-hybridized carbons (Fsp3) is 0.316. The largest absolute Gasteiger partial charge is 0.416 e. The molecule has 2 aromatic rings. The average Bonchev–Trinajstić information content (AvgIpc) is 2.76. The van der Waals surface area contributed by atoms with Crippen LogP contribution in [-0.4, -0.2) is 28.5 Å². The molecule has 0 aliphatic carbocycles. The van der Waals surface area contributed by atoms with Crippen LogP contribution in [0.1, 0.15) is 25.0 Å². The summed E-state index contributed by atoms with van der Waals surface area (Å²) in [5.41, 5.74) is -2.31. The first-order chi connectivity index (χ1) is 14.0. The maximum atomic E-state index is 12.9. The molecule has 0 atom stereocenters. The smallest absolute Gasteiger partial charge is 0.280 e. The molecule has 1 aliphatic heterocycles. The maximum absolute atomic E-state index is 12.9. The number of alkyl halides is 3. The van der Waals surface area contributed by atoms with Gasteiger partial charge < -0.3 is 0 Å². The van der Waals surface area contributed by atoms with Crippen LogP contribution in [0, 0.1) is 12.3 Å². The predicted octanol–water partition coefficient (Wildman–Crippen LogP) is 3.52. The van der Waals surface area contributed by atoms with Crippen molar-refractivity contribution < 1.29 is 34.8 Å². The van der Waals surface area contributed by atoms with Gasteiger partial charge in [-0.05, 0) is 62.7 Å². The van der Waals surface area contributed by atoms with E-state index in [9.17, 15) is 34.8 Å². The molecule has 1 fully saturated rings. The Morgan fingerprint density at radius 2 is 1.74 bits per heavy atom. The number of benzene rings is 2. The van der Waals surface area contributed by atoms with Crippen LogP contribution < -0.4 is 9.03 Å². The standard InChI is InChI=1S/C19H19F3N2O5S2/c1-12-9-15(24-17(25)18(2,3)11-30(24,26)27)7-8-16(12)31(28,29)23-14-6-4-5-13(10-14)19(20,21)22/h4-10,23H,11H2,1-3H3. The molecule has 0 unspecified atom stereocenters. The summed E-state index contributed by atoms with van der Waals surface area (Å²) in [6, 6.07) is 7.23. The number of aryl methyl sites for hydroxylation is 1. The van der Waals surface area contributed by atoms with Gasteiger partial charge in [-0.25, -0.2) is 21.1 Å². The lowest BCUT2D eigenvalue weighted by Gasteiger charge is -2.19. The van der Waals surface area contributed by atoms with E-state index in [1.54, 1.807) is 0 Å². The van der Waals surface area contributed by atoms with Gasteiger partial charge in [0.25, 0.3) is 10.0 Å². The average molecular weight is 476 g/mol. The van der Waals surface area contributed by atoms with Gasteiger partial charge in [-0.3, -0.25) is 9.52 Å². The summed E-state index contributed by atoms with van der Waals surface area (Å²) in [5.74, 6) is -1.01. The lowest BCUT2D eigenvalue weighted by molar-refractivity contribution is -0.137. The van der Waals surface area contributed by atoms with Gasteiger partial charge in [0.05, 0.1) is 27.3 Å². The summed E-state index contributed by atoms with van der Waals surface area (Å²) in [7, 11) is -8.20. The molecule has 1 saturated heterocycles. The van der Waals surface area contributed by atoms with Crippen LogP contribution in [0.2, 0.25) is 0 Å². The van der Waals surface area contributed by atoms with E-state index in [-0.39, 0.29) is 27.6 Å². The van der Waals surface area contributed by atoms with E-state index in [0.717, 1.165) is 18.2 Å². The van der Waals surface area contributed by atoms with Crippen LogP contribution >= 0.6 is 0 Å². The molecule has 2 aromatic carbocycles. The molecule has 0 bridgehead atoms. The molecule has 168 valence electrons. The minimum absolute atomic E-state index is 0.00825. The Labute approximate surface area is 178 Å². The van der Waals surface area contributed by atoms with Gasteiger partial charge in [0, 0.05) is 5.69 Å². The lowest BCUT2D eigenvalue weighted by atomic mass is 9.95. The second kappa shape index (κ2) is 7.23. The molecule has 1 heterocycles. The molecule has 0 saturated carbocycles. The van der Waals surface area contributed by atoms with Gasteiger partial charge in [0.2, 0.25) is 15.9 Å². The molecule has 7 nitrogen and oxygen atoms in total. The molecule has 1 aliphatic rings. The number of nitrogens with one attached hydrogen (secondary N) is 1. The summed E-state index contributed by atoms with van der Waals surface area (Å²) < 4.78 is 91.6. The second-order valence-corrected chi connectivity index (χ2v) is 11.3. The van der Waals surface area contributed by atoms with E-state index >= 15 is 0 Å². The molecular weight excluding hydrogens is 457 g/mol. The Balaban J connectivity index is 1.96. The number of carbonyl (C=O) groups excluding carboxylic acids is 1. The third-order valence-electron chi connectivity index (χ3n) is 4.71. The highest BCUT2D eigenvalue weighted by molar-refractivity contribution is 7.94. The number of sulfonamides is 2. The highest BCUT2D eigenvalue weighted by Gasteiger charge is 2.50. The first-order valence-corrected chi connectivity index (χ1v) is 12.0. The molecule has 0 radical (unpaired) electrons. The lowest BCUT2D eigenvalue weighted by Crippen LogP contribution is -2.33. The van der Waals surface area contributed by atoms with E-state index in [1.807, 2.05) is 0 Å². The quantitative estimate of drug-likeness (QED) is 0.728. The zero-order valence-electron chi connectivity index (χ0n) is 16.7. The van der Waals surface area contributed by atoms with Gasteiger partial charge in [-0.2, -0.15) is 13.2 Å². The SMILES string of the molecule is Cc1cc(N2C(=O)C(C)(C)CS2(=O)=O)ccc1S(=O)(=O)Nc1cccc(C(F)(F)F)c1. The van der Waals surface area contributed by atoms with Crippen LogP contribution in [-0.2, 0) is 31.0 Å². The Bertz CT molecular complexity index is 1270. The summed E-state index contributed by atoms with van der Waals surface area (Å²) >= 11 is 0. The number of anilines is 2. The first-order valence-electron chi connectivity index (χ1n) is 8.93. The van der Waals surface area contributed by atoms with Crippen molar-refractivity contribution in [2.75, 3.05) is 14.8 Å². The minimum Gasteiger partial charge on any atom is -0.280 e. The highest BCUT2D eigenvalue weighted by Crippen LogP contribution is 2.37. The van der Waals surface area contributed by atoms with Crippen LogP contribution in [0.4, 0.5) is 24.5 Å². The fourth-order valence-electron chi connectivity index (χ4n) is 3.29. The molecule has 0 aromatic heterocycles. The van der Waals surface area contributed by atoms with Crippen LogP contribution in [0.15, 0.2) is 47.4 Å². The fourth-order valence-corrected chi connectivity index (χ4v) is 6.67. The summed E-state index contributed by atoms with van der Waals surface area (Å²) in [6.45, 7) is 4.39. The van der Waals surface area contributed by atoms with Crippen molar-refractivity contribution in [1.82, 2.24) is 0 Å². The number of carbonyl (C=O) groups is 1. The van der Waals surface area contributed by atoms with Crippen molar-refractivity contribution in [2.45, 2.75) is 31.8 Å². The number of rotatable bonds is 4. The predicted molar refractivity (Wildman–Crippen MR) is 108 cm³/mol. The number of amides is 1. The van der Waals surface area contributed by atoms with Gasteiger partial charge in [-0.1, -0.05) is 6.07 Å². The van der Waals surface area contributed by atoms with Crippen molar-refractivity contribution in [2.24, 2.45) is 5.41 Å². The number of nitrogens with zero attached hydrogens (tertiary/aromatic N) is 1. The van der Waals surface area contributed by atoms with Gasteiger partial charge in [0.15, 0.2) is 0 Å². The highest BCUT2D eigenvalue weighted by atomic mass is 32.2. The molecule has 0 spiro atoms. The van der Waals surface area contributed by atoms with Crippen LogP contribution in [0.3, 0.4) is 0 Å². The van der Waals surface area contributed by atoms with E-state index in [0.29, 0.717) is 10.4 Å². The summed E-state index contributed by atoms with van der Waals surface area (Å²) in [4.78, 5) is 12.2. The zero-order chi connectivity index (χ0) is 23.4. The molecule has 3 rings (SSSR count). The van der Waals surface area contributed by atoms with Crippen molar-refractivity contribution in [3.63, 3.8) is 0 Å². The van der Waals surface area contributed by atoms with Crippen molar-refractivity contribution >= 4 is 37.3 Å². The Kier molecular flexibility index (Phi) is 5.38. The normalized spacial score (nSPS) is 18.3. The number of hydrogen-bond donors (Lipinski definition) is 1. The Morgan fingerprint density at radius 3 is 2.26 bits per heavy atom. The molecule has 31 heavy (non-hydrogen) atoms. The third kappa shape index (κ3) is 4.40. The monoisotopic (exact) mass is 476 g/mol. The number of hydrogen-bond acceptors (Lipinski definition) is 5. The first kappa shape index (κ1) is 23.1. The second-order valence-electron chi connectivity index (χ2n) is 7.84. The maximum Gasteiger partial charge on any atom is 0.416 e. The van der Waals surface area contributed by atoms with E-state index in [1.165, 1.54) is 39.0 Å². The minimum atomic E-state index is -4.64. The van der Waals surface area contributed by atoms with Crippen molar-refractivity contribution in [1.29, 1.82) is 0 Å². The van der Waals surface area contributed by atoms with E-state index in [2.05, 4.69) is 4.72 Å². The summed E-state index contributed by atoms with van der Waals surface area (Å²) in [5, 5.41) is 0. The van der Waals surface area contributed by atoms with Crippen molar-refractivity contribution in [3.8, 4) is 0 Å². The zero-order valence-corrected chi connectivity index (χ0v) is 18.3. The van der Waals surface area contributed by atoms with E-state index in [4.69, 9.17) is 0 Å². The Hall–Kier alpha value is -2.60. The topological polar surface area (TPSA) is 101 Å². The van der Waals surface area contributed by atoms with Crippen molar-refractivity contribution in [3.05, 3.63) is 53.6 Å². The number of halogens is 3. The van der Waals surface area contributed by atoms with Crippen LogP contribution in [0.25, 0.3) is 0 Å². The molecule has 1 amide bonds. The molecular formula is C19H19F3N2O5S2.